The molecule has 0 amide bonds. The minimum absolute atomic E-state index is 0.00230. The fourth-order valence-electron chi connectivity index (χ4n) is 3.18. The molecule has 1 aliphatic rings. The highest BCUT2D eigenvalue weighted by molar-refractivity contribution is 14.1. The van der Waals surface area contributed by atoms with Crippen molar-refractivity contribution in [3.8, 4) is 17.3 Å². The largest absolute Gasteiger partial charge is 0.489 e. The van der Waals surface area contributed by atoms with Crippen LogP contribution in [0, 0.1) is 3.57 Å². The van der Waals surface area contributed by atoms with Crippen molar-refractivity contribution in [1.82, 2.24) is 19.7 Å². The fraction of sp³-hybridized carbons (Fsp3) is 0.263. The van der Waals surface area contributed by atoms with Crippen molar-refractivity contribution in [3.63, 3.8) is 0 Å². The third-order valence-corrected chi connectivity index (χ3v) is 5.35. The molecule has 1 aromatic carbocycles. The predicted molar refractivity (Wildman–Crippen MR) is 111 cm³/mol. The molecule has 0 atom stereocenters. The zero-order valence-corrected chi connectivity index (χ0v) is 17.2. The quantitative estimate of drug-likeness (QED) is 0.432. The SMILES string of the molecule is COC(=O)c1cc(I)ccc1OC1CC(n2cnnc2-c2cccc(N)n2)C1. The molecular formula is C19H18IN5O3. The standard InChI is InChI=1S/C19H18IN5O3/c1-27-19(26)14-7-11(20)5-6-16(14)28-13-8-12(9-13)25-10-22-24-18(25)15-3-2-4-17(21)23-15/h2-7,10,12-13H,8-9H2,1H3,(H2,21,23). The number of esters is 1. The van der Waals surface area contributed by atoms with E-state index in [0.29, 0.717) is 28.6 Å². The molecule has 8 nitrogen and oxygen atoms in total. The maximum absolute atomic E-state index is 12.0. The molecule has 2 heterocycles. The van der Waals surface area contributed by atoms with Gasteiger partial charge in [-0.2, -0.15) is 0 Å². The van der Waals surface area contributed by atoms with Gasteiger partial charge < -0.3 is 19.8 Å². The maximum atomic E-state index is 12.0. The molecule has 4 rings (SSSR count). The molecule has 28 heavy (non-hydrogen) atoms. The normalized spacial score (nSPS) is 18.4. The number of nitrogen functional groups attached to an aromatic ring is 1. The molecule has 9 heteroatoms. The fourth-order valence-corrected chi connectivity index (χ4v) is 3.68. The number of rotatable bonds is 5. The first-order valence-electron chi connectivity index (χ1n) is 8.72. The van der Waals surface area contributed by atoms with E-state index in [0.717, 1.165) is 16.4 Å². The van der Waals surface area contributed by atoms with E-state index in [-0.39, 0.29) is 12.1 Å². The number of anilines is 1. The monoisotopic (exact) mass is 491 g/mol. The summed E-state index contributed by atoms with van der Waals surface area (Å²) in [5.41, 5.74) is 6.90. The van der Waals surface area contributed by atoms with Gasteiger partial charge in [-0.25, -0.2) is 9.78 Å². The van der Waals surface area contributed by atoms with Crippen molar-refractivity contribution in [2.75, 3.05) is 12.8 Å². The molecule has 1 aliphatic carbocycles. The average molecular weight is 491 g/mol. The number of halogens is 1. The summed E-state index contributed by atoms with van der Waals surface area (Å²) in [6, 6.07) is 11.1. The number of hydrogen-bond acceptors (Lipinski definition) is 7. The molecular weight excluding hydrogens is 473 g/mol. The molecule has 0 spiro atoms. The van der Waals surface area contributed by atoms with Crippen LogP contribution in [0.2, 0.25) is 0 Å². The number of nitrogens with two attached hydrogens (primary N) is 1. The number of nitrogens with zero attached hydrogens (tertiary/aromatic N) is 4. The predicted octanol–water partition coefficient (Wildman–Crippen LogP) is 3.10. The van der Waals surface area contributed by atoms with Crippen molar-refractivity contribution in [1.29, 1.82) is 0 Å². The lowest BCUT2D eigenvalue weighted by molar-refractivity contribution is 0.0552. The minimum Gasteiger partial charge on any atom is -0.489 e. The summed E-state index contributed by atoms with van der Waals surface area (Å²) in [5.74, 6) is 1.26. The minimum atomic E-state index is -0.404. The zero-order chi connectivity index (χ0) is 19.7. The van der Waals surface area contributed by atoms with Crippen LogP contribution >= 0.6 is 22.6 Å². The lowest BCUT2D eigenvalue weighted by Crippen LogP contribution is -2.36. The first kappa shape index (κ1) is 18.7. The third kappa shape index (κ3) is 3.66. The van der Waals surface area contributed by atoms with Gasteiger partial charge in [0.05, 0.1) is 7.11 Å². The van der Waals surface area contributed by atoms with Crippen LogP contribution in [-0.4, -0.2) is 38.9 Å². The molecule has 2 N–H and O–H groups in total. The molecule has 0 bridgehead atoms. The smallest absolute Gasteiger partial charge is 0.341 e. The third-order valence-electron chi connectivity index (χ3n) is 4.68. The van der Waals surface area contributed by atoms with E-state index in [9.17, 15) is 4.79 Å². The molecule has 0 aliphatic heterocycles. The number of aromatic nitrogens is 4. The second-order valence-corrected chi connectivity index (χ2v) is 7.75. The summed E-state index contributed by atoms with van der Waals surface area (Å²) < 4.78 is 13.9. The zero-order valence-electron chi connectivity index (χ0n) is 15.1. The number of carbonyl (C=O) groups excluding carboxylic acids is 1. The summed E-state index contributed by atoms with van der Waals surface area (Å²) in [5, 5.41) is 8.22. The van der Waals surface area contributed by atoms with Gasteiger partial charge >= 0.3 is 5.97 Å². The summed E-state index contributed by atoms with van der Waals surface area (Å²) in [6.45, 7) is 0. The van der Waals surface area contributed by atoms with E-state index in [4.69, 9.17) is 15.2 Å². The van der Waals surface area contributed by atoms with Gasteiger partial charge in [-0.05, 0) is 52.9 Å². The number of benzene rings is 1. The van der Waals surface area contributed by atoms with Crippen molar-refractivity contribution >= 4 is 34.4 Å². The van der Waals surface area contributed by atoms with E-state index >= 15 is 0 Å². The number of ether oxygens (including phenoxy) is 2. The molecule has 2 aromatic heterocycles. The van der Waals surface area contributed by atoms with Crippen LogP contribution < -0.4 is 10.5 Å². The molecule has 1 saturated carbocycles. The molecule has 0 unspecified atom stereocenters. The van der Waals surface area contributed by atoms with Gasteiger partial charge in [-0.15, -0.1) is 10.2 Å². The Bertz CT molecular complexity index is 1020. The topological polar surface area (TPSA) is 105 Å². The van der Waals surface area contributed by atoms with Gasteiger partial charge in [0.25, 0.3) is 0 Å². The first-order chi connectivity index (χ1) is 13.5. The van der Waals surface area contributed by atoms with Crippen LogP contribution in [0.15, 0.2) is 42.7 Å². The van der Waals surface area contributed by atoms with Gasteiger partial charge in [-0.1, -0.05) is 6.07 Å². The molecule has 1 fully saturated rings. The second-order valence-electron chi connectivity index (χ2n) is 6.51. The van der Waals surface area contributed by atoms with Gasteiger partial charge in [0.15, 0.2) is 5.82 Å². The van der Waals surface area contributed by atoms with Crippen LogP contribution in [0.1, 0.15) is 29.2 Å². The summed E-state index contributed by atoms with van der Waals surface area (Å²) in [6.07, 6.45) is 3.25. The highest BCUT2D eigenvalue weighted by atomic mass is 127. The van der Waals surface area contributed by atoms with Crippen LogP contribution in [0.25, 0.3) is 11.5 Å². The highest BCUT2D eigenvalue weighted by Gasteiger charge is 2.35. The first-order valence-corrected chi connectivity index (χ1v) is 9.80. The van der Waals surface area contributed by atoms with Crippen LogP contribution in [0.4, 0.5) is 5.82 Å². The number of pyridine rings is 1. The summed E-state index contributed by atoms with van der Waals surface area (Å²) in [4.78, 5) is 16.3. The molecule has 0 saturated heterocycles. The Balaban J connectivity index is 1.47. The van der Waals surface area contributed by atoms with E-state index in [1.54, 1.807) is 18.5 Å². The van der Waals surface area contributed by atoms with Crippen LogP contribution in [0.5, 0.6) is 5.75 Å². The molecule has 0 radical (unpaired) electrons. The van der Waals surface area contributed by atoms with Crippen LogP contribution in [0.3, 0.4) is 0 Å². The van der Waals surface area contributed by atoms with Gasteiger partial charge in [0, 0.05) is 22.5 Å². The average Bonchev–Trinajstić information content (AvgIpc) is 3.13. The van der Waals surface area contributed by atoms with Gasteiger partial charge in [0.1, 0.15) is 35.3 Å². The van der Waals surface area contributed by atoms with Gasteiger partial charge in [-0.3, -0.25) is 0 Å². The molecule has 144 valence electrons. The van der Waals surface area contributed by atoms with Gasteiger partial charge in [0.2, 0.25) is 0 Å². The van der Waals surface area contributed by atoms with Crippen molar-refractivity contribution in [2.45, 2.75) is 25.0 Å². The van der Waals surface area contributed by atoms with E-state index in [1.165, 1.54) is 7.11 Å². The van der Waals surface area contributed by atoms with E-state index < -0.39 is 5.97 Å². The maximum Gasteiger partial charge on any atom is 0.341 e. The lowest BCUT2D eigenvalue weighted by Gasteiger charge is -2.36. The number of methoxy groups -OCH3 is 1. The Hall–Kier alpha value is -2.69. The highest BCUT2D eigenvalue weighted by Crippen LogP contribution is 2.38. The van der Waals surface area contributed by atoms with Crippen molar-refractivity contribution in [3.05, 3.63) is 51.9 Å². The Kier molecular flexibility index (Phi) is 5.16. The van der Waals surface area contributed by atoms with Crippen molar-refractivity contribution in [2.24, 2.45) is 0 Å². The number of hydrogen-bond donors (Lipinski definition) is 1. The molecule has 3 aromatic rings. The second kappa shape index (κ2) is 7.74. The lowest BCUT2D eigenvalue weighted by atomic mass is 9.88. The van der Waals surface area contributed by atoms with E-state index in [2.05, 4.69) is 37.8 Å². The van der Waals surface area contributed by atoms with Crippen LogP contribution in [-0.2, 0) is 4.74 Å². The number of carbonyl (C=O) groups is 1. The Morgan fingerprint density at radius 3 is 2.86 bits per heavy atom. The Morgan fingerprint density at radius 2 is 2.11 bits per heavy atom. The van der Waals surface area contributed by atoms with Crippen molar-refractivity contribution < 1.29 is 14.3 Å². The Morgan fingerprint density at radius 1 is 1.29 bits per heavy atom. The Labute approximate surface area is 175 Å². The summed E-state index contributed by atoms with van der Waals surface area (Å²) in [7, 11) is 1.36. The van der Waals surface area contributed by atoms with E-state index in [1.807, 2.05) is 28.8 Å². The summed E-state index contributed by atoms with van der Waals surface area (Å²) >= 11 is 2.15.